The first-order valence-electron chi connectivity index (χ1n) is 12.2. The van der Waals surface area contributed by atoms with E-state index < -0.39 is 55.0 Å². The molecular weight excluding hydrogens is 452 g/mol. The maximum absolute atomic E-state index is 13.4. The van der Waals surface area contributed by atoms with Gasteiger partial charge in [-0.2, -0.15) is 0 Å². The lowest BCUT2D eigenvalue weighted by Crippen LogP contribution is -2.51. The van der Waals surface area contributed by atoms with Crippen LogP contribution in [0.5, 0.6) is 0 Å². The molecule has 0 aromatic rings. The van der Waals surface area contributed by atoms with Crippen molar-refractivity contribution in [1.29, 1.82) is 0 Å². The van der Waals surface area contributed by atoms with Gasteiger partial charge in [-0.3, -0.25) is 14.4 Å². The van der Waals surface area contributed by atoms with Gasteiger partial charge in [0.25, 0.3) is 0 Å². The van der Waals surface area contributed by atoms with Gasteiger partial charge in [-0.25, -0.2) is 0 Å². The van der Waals surface area contributed by atoms with Crippen molar-refractivity contribution in [2.45, 2.75) is 116 Å². The number of carbonyl (C=O) groups excluding carboxylic acids is 3. The van der Waals surface area contributed by atoms with Crippen molar-refractivity contribution in [3.8, 4) is 0 Å². The maximum Gasteiger partial charge on any atom is 0.313 e. The van der Waals surface area contributed by atoms with Crippen LogP contribution in [0.4, 0.5) is 0 Å². The van der Waals surface area contributed by atoms with Crippen LogP contribution in [0.2, 0.25) is 18.1 Å². The normalized spacial score (nSPS) is 27.6. The average Bonchev–Trinajstić information content (AvgIpc) is 2.89. The average molecular weight is 497 g/mol. The van der Waals surface area contributed by atoms with Crippen LogP contribution in [0.3, 0.4) is 0 Å². The molecular formula is C26H44O7Si. The Hall–Kier alpha value is -1.51. The highest BCUT2D eigenvalue weighted by molar-refractivity contribution is 6.74. The summed E-state index contributed by atoms with van der Waals surface area (Å²) in [5, 5.41) is 0.0600. The van der Waals surface area contributed by atoms with Crippen LogP contribution in [-0.2, 0) is 33.0 Å². The maximum atomic E-state index is 13.4. The monoisotopic (exact) mass is 496 g/mol. The number of esters is 2. The number of ketones is 1. The van der Waals surface area contributed by atoms with Gasteiger partial charge in [0.2, 0.25) is 0 Å². The quantitative estimate of drug-likeness (QED) is 0.279. The Balaban J connectivity index is 2.35. The molecule has 0 unspecified atom stereocenters. The van der Waals surface area contributed by atoms with E-state index in [0.717, 1.165) is 0 Å². The topological polar surface area (TPSA) is 88.1 Å². The predicted molar refractivity (Wildman–Crippen MR) is 133 cm³/mol. The highest BCUT2D eigenvalue weighted by atomic mass is 28.4. The van der Waals surface area contributed by atoms with Crippen LogP contribution >= 0.6 is 0 Å². The van der Waals surface area contributed by atoms with E-state index in [9.17, 15) is 14.4 Å². The molecule has 2 aliphatic heterocycles. The zero-order valence-corrected chi connectivity index (χ0v) is 23.9. The first-order valence-corrected chi connectivity index (χ1v) is 15.1. The number of ether oxygens (including phenoxy) is 3. The summed E-state index contributed by atoms with van der Waals surface area (Å²) in [5.74, 6) is -3.56. The molecule has 0 saturated carbocycles. The Morgan fingerprint density at radius 1 is 0.971 bits per heavy atom. The first kappa shape index (κ1) is 28.7. The van der Waals surface area contributed by atoms with E-state index in [2.05, 4.69) is 33.9 Å². The van der Waals surface area contributed by atoms with Crippen LogP contribution in [0.25, 0.3) is 0 Å². The molecule has 194 valence electrons. The Kier molecular flexibility index (Phi) is 8.03. The smallest absolute Gasteiger partial charge is 0.313 e. The Morgan fingerprint density at radius 3 is 2.00 bits per heavy atom. The third kappa shape index (κ3) is 6.37. The van der Waals surface area contributed by atoms with Crippen LogP contribution in [0.15, 0.2) is 12.2 Å². The van der Waals surface area contributed by atoms with Gasteiger partial charge in [0.15, 0.2) is 14.1 Å². The molecule has 7 nitrogen and oxygen atoms in total. The van der Waals surface area contributed by atoms with Crippen LogP contribution in [-0.4, -0.2) is 55.6 Å². The highest BCUT2D eigenvalue weighted by Crippen LogP contribution is 2.49. The SMILES string of the molecule is CC(C)(C)OC(=O)[C@H]1[C@@H]2C=CC(=O)[C@@](CCCO[Si](C)(C)C(C)(C)C)(O2)[C@@H]1C(=O)OC(C)(C)C. The molecule has 0 radical (unpaired) electrons. The zero-order valence-electron chi connectivity index (χ0n) is 22.9. The van der Waals surface area contributed by atoms with Gasteiger partial charge in [0.05, 0.1) is 6.10 Å². The minimum atomic E-state index is -1.97. The molecule has 0 aromatic carbocycles. The van der Waals surface area contributed by atoms with Crippen molar-refractivity contribution < 1.29 is 33.0 Å². The van der Waals surface area contributed by atoms with Gasteiger partial charge in [0.1, 0.15) is 28.6 Å². The van der Waals surface area contributed by atoms with E-state index in [1.165, 1.54) is 6.08 Å². The third-order valence-corrected chi connectivity index (χ3v) is 11.3. The van der Waals surface area contributed by atoms with E-state index >= 15 is 0 Å². The summed E-state index contributed by atoms with van der Waals surface area (Å²) < 4.78 is 23.8. The summed E-state index contributed by atoms with van der Waals surface area (Å²) in [6, 6.07) is 0. The molecule has 2 bridgehead atoms. The van der Waals surface area contributed by atoms with Crippen molar-refractivity contribution in [2.75, 3.05) is 6.61 Å². The lowest BCUT2D eigenvalue weighted by atomic mass is 9.75. The van der Waals surface area contributed by atoms with Crippen molar-refractivity contribution in [1.82, 2.24) is 0 Å². The minimum absolute atomic E-state index is 0.0600. The van der Waals surface area contributed by atoms with E-state index in [-0.39, 0.29) is 17.2 Å². The Bertz CT molecular complexity index is 826. The lowest BCUT2D eigenvalue weighted by Gasteiger charge is -2.37. The van der Waals surface area contributed by atoms with Crippen LogP contribution in [0, 0.1) is 11.8 Å². The van der Waals surface area contributed by atoms with E-state index in [1.54, 1.807) is 47.6 Å². The number of hydrogen-bond donors (Lipinski definition) is 0. The second-order valence-corrected chi connectivity index (χ2v) is 17.8. The van der Waals surface area contributed by atoms with E-state index in [0.29, 0.717) is 13.0 Å². The molecule has 4 atom stereocenters. The number of rotatable bonds is 7. The standard InChI is InChI=1S/C26H44O7Si/c1-23(2,3)32-21(28)19-17-13-14-18(27)26(31-17,20(19)22(29)33-24(4,5)6)15-12-16-30-34(10,11)25(7,8)9/h13-14,17,19-20H,12,15-16H2,1-11H3/t17-,19-,20-,26+/m0/s1. The van der Waals surface area contributed by atoms with Crippen molar-refractivity contribution in [2.24, 2.45) is 11.8 Å². The fourth-order valence-electron chi connectivity index (χ4n) is 4.12. The fraction of sp³-hybridized carbons (Fsp3) is 0.808. The summed E-state index contributed by atoms with van der Waals surface area (Å²) >= 11 is 0. The molecule has 0 amide bonds. The van der Waals surface area contributed by atoms with Gasteiger partial charge in [-0.05, 0) is 78.6 Å². The Labute approximate surface area is 206 Å². The van der Waals surface area contributed by atoms with Gasteiger partial charge < -0.3 is 18.6 Å². The largest absolute Gasteiger partial charge is 0.460 e. The molecule has 2 rings (SSSR count). The molecule has 0 aromatic heterocycles. The van der Waals surface area contributed by atoms with E-state index in [4.69, 9.17) is 18.6 Å². The summed E-state index contributed by atoms with van der Waals surface area (Å²) in [5.41, 5.74) is -3.00. The van der Waals surface area contributed by atoms with Crippen LogP contribution in [0.1, 0.15) is 75.2 Å². The van der Waals surface area contributed by atoms with Crippen molar-refractivity contribution >= 4 is 26.0 Å². The van der Waals surface area contributed by atoms with Crippen molar-refractivity contribution in [3.05, 3.63) is 12.2 Å². The zero-order chi connectivity index (χ0) is 26.3. The third-order valence-electron chi connectivity index (χ3n) is 6.72. The summed E-state index contributed by atoms with van der Waals surface area (Å²) in [7, 11) is -1.97. The van der Waals surface area contributed by atoms with E-state index in [1.807, 2.05) is 0 Å². The number of fused-ring (bicyclic) bond motifs is 2. The molecule has 2 aliphatic rings. The molecule has 1 saturated heterocycles. The second kappa shape index (κ2) is 9.51. The first-order chi connectivity index (χ1) is 15.2. The summed E-state index contributed by atoms with van der Waals surface area (Å²) in [4.78, 5) is 39.9. The Morgan fingerprint density at radius 2 is 1.50 bits per heavy atom. The van der Waals surface area contributed by atoms with Gasteiger partial charge >= 0.3 is 11.9 Å². The lowest BCUT2D eigenvalue weighted by molar-refractivity contribution is -0.176. The molecule has 34 heavy (non-hydrogen) atoms. The molecule has 0 aliphatic carbocycles. The minimum Gasteiger partial charge on any atom is -0.460 e. The van der Waals surface area contributed by atoms with Crippen molar-refractivity contribution in [3.63, 3.8) is 0 Å². The molecule has 8 heteroatoms. The summed E-state index contributed by atoms with van der Waals surface area (Å²) in [6.07, 6.45) is 3.03. The van der Waals surface area contributed by atoms with Gasteiger partial charge in [-0.15, -0.1) is 0 Å². The molecule has 2 heterocycles. The molecule has 0 spiro atoms. The number of hydrogen-bond acceptors (Lipinski definition) is 7. The molecule has 0 N–H and O–H groups in total. The van der Waals surface area contributed by atoms with Crippen LogP contribution < -0.4 is 0 Å². The summed E-state index contributed by atoms with van der Waals surface area (Å²) in [6.45, 7) is 21.9. The molecule has 1 fully saturated rings. The predicted octanol–water partition coefficient (Wildman–Crippen LogP) is 4.98. The van der Waals surface area contributed by atoms with Gasteiger partial charge in [0, 0.05) is 6.61 Å². The van der Waals surface area contributed by atoms with Gasteiger partial charge in [-0.1, -0.05) is 26.8 Å². The number of carbonyl (C=O) groups is 3. The highest BCUT2D eigenvalue weighted by Gasteiger charge is 2.65. The second-order valence-electron chi connectivity index (χ2n) is 13.0. The fourth-order valence-corrected chi connectivity index (χ4v) is 5.21.